The first-order valence-corrected chi connectivity index (χ1v) is 7.89. The van der Waals surface area contributed by atoms with Crippen molar-refractivity contribution < 1.29 is 5.11 Å². The van der Waals surface area contributed by atoms with E-state index in [0.29, 0.717) is 12.1 Å². The lowest BCUT2D eigenvalue weighted by molar-refractivity contribution is 0.0674. The maximum atomic E-state index is 9.70. The monoisotopic (exact) mass is 277 g/mol. The summed E-state index contributed by atoms with van der Waals surface area (Å²) in [7, 11) is 0. The third-order valence-electron chi connectivity index (χ3n) is 3.70. The first kappa shape index (κ1) is 17.2. The van der Waals surface area contributed by atoms with E-state index in [2.05, 4.69) is 49.5 Å². The highest BCUT2D eigenvalue weighted by Crippen LogP contribution is 2.13. The SMILES string of the molecule is C[C@H](CCCC(C)(C)O)N[C@@H](C)CCc1ccccc1. The molecule has 1 aromatic rings. The number of benzene rings is 1. The molecule has 2 heteroatoms. The predicted octanol–water partition coefficient (Wildman–Crippen LogP) is 3.93. The number of nitrogens with one attached hydrogen (secondary N) is 1. The molecule has 0 saturated carbocycles. The van der Waals surface area contributed by atoms with E-state index in [-0.39, 0.29) is 0 Å². The zero-order chi connectivity index (χ0) is 15.0. The first-order chi connectivity index (χ1) is 9.37. The molecule has 114 valence electrons. The van der Waals surface area contributed by atoms with E-state index in [4.69, 9.17) is 0 Å². The molecular weight excluding hydrogens is 246 g/mol. The van der Waals surface area contributed by atoms with Crippen LogP contribution in [0.2, 0.25) is 0 Å². The van der Waals surface area contributed by atoms with Crippen molar-refractivity contribution in [1.29, 1.82) is 0 Å². The Balaban J connectivity index is 2.16. The van der Waals surface area contributed by atoms with Gasteiger partial charge >= 0.3 is 0 Å². The molecule has 0 aromatic heterocycles. The Morgan fingerprint density at radius 2 is 1.65 bits per heavy atom. The highest BCUT2D eigenvalue weighted by Gasteiger charge is 2.13. The van der Waals surface area contributed by atoms with Crippen LogP contribution in [0.15, 0.2) is 30.3 Å². The van der Waals surface area contributed by atoms with E-state index in [1.165, 1.54) is 12.0 Å². The zero-order valence-corrected chi connectivity index (χ0v) is 13.5. The molecule has 0 fully saturated rings. The number of rotatable bonds is 9. The number of aliphatic hydroxyl groups is 1. The standard InChI is InChI=1S/C18H31NO/c1-15(9-8-14-18(3,4)20)19-16(2)12-13-17-10-6-5-7-11-17/h5-7,10-11,15-16,19-20H,8-9,12-14H2,1-4H3/t15-,16+/m1/s1. The molecule has 2 atom stereocenters. The molecule has 1 rings (SSSR count). The third kappa shape index (κ3) is 8.34. The second-order valence-corrected chi connectivity index (χ2v) is 6.70. The van der Waals surface area contributed by atoms with Gasteiger partial charge in [0.2, 0.25) is 0 Å². The number of hydrogen-bond acceptors (Lipinski definition) is 2. The van der Waals surface area contributed by atoms with Gasteiger partial charge in [-0.15, -0.1) is 0 Å². The average Bonchev–Trinajstić information content (AvgIpc) is 2.36. The van der Waals surface area contributed by atoms with Gasteiger partial charge in [-0.3, -0.25) is 0 Å². The van der Waals surface area contributed by atoms with Crippen LogP contribution in [0.25, 0.3) is 0 Å². The van der Waals surface area contributed by atoms with Crippen LogP contribution in [-0.2, 0) is 6.42 Å². The van der Waals surface area contributed by atoms with Crippen molar-refractivity contribution in [2.24, 2.45) is 0 Å². The minimum Gasteiger partial charge on any atom is -0.390 e. The third-order valence-corrected chi connectivity index (χ3v) is 3.70. The van der Waals surface area contributed by atoms with Gasteiger partial charge in [0.05, 0.1) is 5.60 Å². The van der Waals surface area contributed by atoms with Gasteiger partial charge in [-0.05, 0) is 65.4 Å². The van der Waals surface area contributed by atoms with Crippen molar-refractivity contribution in [3.8, 4) is 0 Å². The Labute approximate surface area is 124 Å². The average molecular weight is 277 g/mol. The van der Waals surface area contributed by atoms with E-state index < -0.39 is 5.60 Å². The van der Waals surface area contributed by atoms with Crippen LogP contribution in [0.3, 0.4) is 0 Å². The fourth-order valence-corrected chi connectivity index (χ4v) is 2.52. The van der Waals surface area contributed by atoms with Crippen LogP contribution in [0, 0.1) is 0 Å². The molecule has 1 aromatic carbocycles. The maximum absolute atomic E-state index is 9.70. The fraction of sp³-hybridized carbons (Fsp3) is 0.667. The van der Waals surface area contributed by atoms with Gasteiger partial charge in [0, 0.05) is 12.1 Å². The summed E-state index contributed by atoms with van der Waals surface area (Å²) in [5, 5.41) is 13.4. The summed E-state index contributed by atoms with van der Waals surface area (Å²) in [6.07, 6.45) is 5.37. The second kappa shape index (κ2) is 8.43. The van der Waals surface area contributed by atoms with E-state index in [1.54, 1.807) is 0 Å². The summed E-state index contributed by atoms with van der Waals surface area (Å²) in [6.45, 7) is 8.26. The van der Waals surface area contributed by atoms with E-state index in [9.17, 15) is 5.11 Å². The summed E-state index contributed by atoms with van der Waals surface area (Å²) in [5.41, 5.74) is 0.884. The Morgan fingerprint density at radius 1 is 1.05 bits per heavy atom. The molecule has 0 bridgehead atoms. The summed E-state index contributed by atoms with van der Waals surface area (Å²) in [4.78, 5) is 0. The van der Waals surface area contributed by atoms with Gasteiger partial charge in [-0.25, -0.2) is 0 Å². The predicted molar refractivity (Wildman–Crippen MR) is 87.0 cm³/mol. The molecule has 2 N–H and O–H groups in total. The molecule has 0 amide bonds. The van der Waals surface area contributed by atoms with Crippen LogP contribution in [0.4, 0.5) is 0 Å². The van der Waals surface area contributed by atoms with Gasteiger partial charge in [0.1, 0.15) is 0 Å². The first-order valence-electron chi connectivity index (χ1n) is 7.89. The zero-order valence-electron chi connectivity index (χ0n) is 13.5. The lowest BCUT2D eigenvalue weighted by Gasteiger charge is -2.22. The van der Waals surface area contributed by atoms with Gasteiger partial charge in [0.25, 0.3) is 0 Å². The van der Waals surface area contributed by atoms with Crippen molar-refractivity contribution in [3.05, 3.63) is 35.9 Å². The normalized spacial score (nSPS) is 15.1. The van der Waals surface area contributed by atoms with Crippen LogP contribution in [-0.4, -0.2) is 22.8 Å². The Hall–Kier alpha value is -0.860. The van der Waals surface area contributed by atoms with E-state index >= 15 is 0 Å². The summed E-state index contributed by atoms with van der Waals surface area (Å²) in [5.74, 6) is 0. The molecule has 0 heterocycles. The van der Waals surface area contributed by atoms with Gasteiger partial charge in [-0.1, -0.05) is 30.3 Å². The molecule has 0 spiro atoms. The van der Waals surface area contributed by atoms with Crippen LogP contribution in [0.1, 0.15) is 58.9 Å². The topological polar surface area (TPSA) is 32.3 Å². The highest BCUT2D eigenvalue weighted by atomic mass is 16.3. The van der Waals surface area contributed by atoms with Crippen molar-refractivity contribution in [2.45, 2.75) is 77.5 Å². The quantitative estimate of drug-likeness (QED) is 0.717. The Kier molecular flexibility index (Phi) is 7.25. The van der Waals surface area contributed by atoms with Crippen molar-refractivity contribution >= 4 is 0 Å². The van der Waals surface area contributed by atoms with Crippen molar-refractivity contribution in [2.75, 3.05) is 0 Å². The summed E-state index contributed by atoms with van der Waals surface area (Å²) < 4.78 is 0. The molecule has 0 saturated heterocycles. The number of hydrogen-bond donors (Lipinski definition) is 2. The number of aryl methyl sites for hydroxylation is 1. The molecule has 0 radical (unpaired) electrons. The highest BCUT2D eigenvalue weighted by molar-refractivity contribution is 5.14. The molecule has 2 nitrogen and oxygen atoms in total. The largest absolute Gasteiger partial charge is 0.390 e. The lowest BCUT2D eigenvalue weighted by atomic mass is 9.99. The van der Waals surface area contributed by atoms with Crippen molar-refractivity contribution in [3.63, 3.8) is 0 Å². The van der Waals surface area contributed by atoms with E-state index in [1.807, 2.05) is 13.8 Å². The summed E-state index contributed by atoms with van der Waals surface area (Å²) in [6, 6.07) is 11.7. The second-order valence-electron chi connectivity index (χ2n) is 6.70. The smallest absolute Gasteiger partial charge is 0.0591 e. The van der Waals surface area contributed by atoms with Crippen LogP contribution >= 0.6 is 0 Å². The minimum absolute atomic E-state index is 0.517. The van der Waals surface area contributed by atoms with Crippen LogP contribution < -0.4 is 5.32 Å². The molecular formula is C18H31NO. The molecule has 0 unspecified atom stereocenters. The van der Waals surface area contributed by atoms with Crippen molar-refractivity contribution in [1.82, 2.24) is 5.32 Å². The van der Waals surface area contributed by atoms with Gasteiger partial charge in [0.15, 0.2) is 0 Å². The van der Waals surface area contributed by atoms with Gasteiger partial charge in [-0.2, -0.15) is 0 Å². The summed E-state index contributed by atoms with van der Waals surface area (Å²) >= 11 is 0. The maximum Gasteiger partial charge on any atom is 0.0591 e. The Bertz CT molecular complexity index is 355. The minimum atomic E-state index is -0.529. The molecule has 0 aliphatic carbocycles. The van der Waals surface area contributed by atoms with E-state index in [0.717, 1.165) is 25.7 Å². The molecule has 20 heavy (non-hydrogen) atoms. The van der Waals surface area contributed by atoms with Gasteiger partial charge < -0.3 is 10.4 Å². The molecule has 0 aliphatic rings. The Morgan fingerprint density at radius 3 is 2.25 bits per heavy atom. The molecule has 0 aliphatic heterocycles. The fourth-order valence-electron chi connectivity index (χ4n) is 2.52. The lowest BCUT2D eigenvalue weighted by Crippen LogP contribution is -2.35. The van der Waals surface area contributed by atoms with Crippen LogP contribution in [0.5, 0.6) is 0 Å².